The number of hydrogen-bond acceptors (Lipinski definition) is 3. The van der Waals surface area contributed by atoms with Gasteiger partial charge in [0, 0.05) is 19.4 Å². The highest BCUT2D eigenvalue weighted by Gasteiger charge is 2.15. The van der Waals surface area contributed by atoms with Crippen molar-refractivity contribution in [3.05, 3.63) is 34.0 Å². The van der Waals surface area contributed by atoms with E-state index in [0.29, 0.717) is 0 Å². The Bertz CT molecular complexity index is 444. The Kier molecular flexibility index (Phi) is 2.29. The van der Waals surface area contributed by atoms with Crippen LogP contribution in [-0.2, 0) is 19.4 Å². The second kappa shape index (κ2) is 3.77. The molecule has 1 aliphatic heterocycles. The molecule has 2 aromatic heterocycles. The van der Waals surface area contributed by atoms with Gasteiger partial charge in [-0.05, 0) is 35.2 Å². The summed E-state index contributed by atoms with van der Waals surface area (Å²) in [7, 11) is 0. The minimum absolute atomic E-state index is 0.927. The molecule has 0 atom stereocenters. The molecule has 0 bridgehead atoms. The molecular formula is C11H13N3S. The lowest BCUT2D eigenvalue weighted by Crippen LogP contribution is -2.13. The van der Waals surface area contributed by atoms with Gasteiger partial charge in [-0.15, -0.1) is 10.2 Å². The smallest absolute Gasteiger partial charge is 0.137 e. The third-order valence-corrected chi connectivity index (χ3v) is 3.61. The van der Waals surface area contributed by atoms with Crippen LogP contribution in [0.5, 0.6) is 0 Å². The summed E-state index contributed by atoms with van der Waals surface area (Å²) >= 11 is 1.74. The van der Waals surface area contributed by atoms with Crippen LogP contribution in [0.4, 0.5) is 0 Å². The number of rotatable bonds is 2. The van der Waals surface area contributed by atoms with Crippen LogP contribution in [0.1, 0.15) is 30.1 Å². The first kappa shape index (κ1) is 9.09. The topological polar surface area (TPSA) is 30.7 Å². The molecule has 0 aromatic carbocycles. The molecule has 0 unspecified atom stereocenters. The lowest BCUT2D eigenvalue weighted by molar-refractivity contribution is 0.510. The Morgan fingerprint density at radius 2 is 2.33 bits per heavy atom. The fourth-order valence-electron chi connectivity index (χ4n) is 2.08. The largest absolute Gasteiger partial charge is 0.315 e. The van der Waals surface area contributed by atoms with Crippen molar-refractivity contribution in [3.63, 3.8) is 0 Å². The average molecular weight is 219 g/mol. The van der Waals surface area contributed by atoms with E-state index in [1.165, 1.54) is 24.2 Å². The third-order valence-electron chi connectivity index (χ3n) is 2.88. The normalized spacial score (nSPS) is 15.2. The van der Waals surface area contributed by atoms with E-state index >= 15 is 0 Å². The van der Waals surface area contributed by atoms with Gasteiger partial charge in [-0.3, -0.25) is 0 Å². The molecule has 3 rings (SSSR count). The van der Waals surface area contributed by atoms with Crippen LogP contribution < -0.4 is 0 Å². The predicted octanol–water partition coefficient (Wildman–Crippen LogP) is 2.27. The van der Waals surface area contributed by atoms with Crippen LogP contribution in [0.15, 0.2) is 16.8 Å². The molecule has 78 valence electrons. The number of hydrogen-bond donors (Lipinski definition) is 0. The summed E-state index contributed by atoms with van der Waals surface area (Å²) in [5.41, 5.74) is 1.35. The van der Waals surface area contributed by atoms with Crippen molar-refractivity contribution < 1.29 is 0 Å². The van der Waals surface area contributed by atoms with Gasteiger partial charge in [-0.1, -0.05) is 0 Å². The van der Waals surface area contributed by atoms with E-state index in [1.807, 2.05) is 0 Å². The van der Waals surface area contributed by atoms with Gasteiger partial charge < -0.3 is 4.57 Å². The van der Waals surface area contributed by atoms with Gasteiger partial charge in [-0.2, -0.15) is 11.3 Å². The van der Waals surface area contributed by atoms with Gasteiger partial charge in [0.25, 0.3) is 0 Å². The van der Waals surface area contributed by atoms with Crippen molar-refractivity contribution in [1.29, 1.82) is 0 Å². The molecule has 0 saturated heterocycles. The minimum atomic E-state index is 0.927. The van der Waals surface area contributed by atoms with Gasteiger partial charge in [0.2, 0.25) is 0 Å². The second-order valence-electron chi connectivity index (χ2n) is 3.95. The molecule has 0 spiro atoms. The van der Waals surface area contributed by atoms with Crippen LogP contribution in [0.3, 0.4) is 0 Å². The lowest BCUT2D eigenvalue weighted by atomic mass is 10.1. The third kappa shape index (κ3) is 1.69. The summed E-state index contributed by atoms with van der Waals surface area (Å²) in [6.45, 7) is 1.10. The zero-order valence-corrected chi connectivity index (χ0v) is 9.33. The Labute approximate surface area is 92.8 Å². The summed E-state index contributed by atoms with van der Waals surface area (Å²) in [5.74, 6) is 2.30. The van der Waals surface area contributed by atoms with Crippen molar-refractivity contribution >= 4 is 11.3 Å². The van der Waals surface area contributed by atoms with E-state index < -0.39 is 0 Å². The summed E-state index contributed by atoms with van der Waals surface area (Å²) in [4.78, 5) is 0. The Hall–Kier alpha value is -1.16. The van der Waals surface area contributed by atoms with Crippen molar-refractivity contribution in [2.75, 3.05) is 0 Å². The van der Waals surface area contributed by atoms with E-state index in [1.54, 1.807) is 11.3 Å². The molecule has 1 aliphatic rings. The summed E-state index contributed by atoms with van der Waals surface area (Å²) < 4.78 is 2.29. The Balaban J connectivity index is 1.89. The lowest BCUT2D eigenvalue weighted by Gasteiger charge is -2.14. The van der Waals surface area contributed by atoms with Gasteiger partial charge in [0.05, 0.1) is 0 Å². The molecule has 3 nitrogen and oxygen atoms in total. The zero-order valence-electron chi connectivity index (χ0n) is 8.52. The van der Waals surface area contributed by atoms with Gasteiger partial charge in [0.1, 0.15) is 11.6 Å². The number of nitrogens with zero attached hydrogens (tertiary/aromatic N) is 3. The number of fused-ring (bicyclic) bond motifs is 1. The molecule has 0 amide bonds. The molecule has 0 radical (unpaired) electrons. The van der Waals surface area contributed by atoms with Crippen LogP contribution in [0, 0.1) is 0 Å². The van der Waals surface area contributed by atoms with Crippen LogP contribution >= 0.6 is 11.3 Å². The van der Waals surface area contributed by atoms with Gasteiger partial charge >= 0.3 is 0 Å². The van der Waals surface area contributed by atoms with Crippen molar-refractivity contribution in [2.45, 2.75) is 32.2 Å². The molecule has 2 aromatic rings. The molecule has 0 fully saturated rings. The van der Waals surface area contributed by atoms with Crippen LogP contribution in [0.2, 0.25) is 0 Å². The molecule has 3 heterocycles. The quantitative estimate of drug-likeness (QED) is 0.775. The molecular weight excluding hydrogens is 206 g/mol. The highest BCUT2D eigenvalue weighted by Crippen LogP contribution is 2.17. The monoisotopic (exact) mass is 219 g/mol. The predicted molar refractivity (Wildman–Crippen MR) is 60.1 cm³/mol. The molecule has 0 saturated carbocycles. The van der Waals surface area contributed by atoms with Gasteiger partial charge in [0.15, 0.2) is 0 Å². The van der Waals surface area contributed by atoms with E-state index in [4.69, 9.17) is 0 Å². The minimum Gasteiger partial charge on any atom is -0.315 e. The number of aromatic nitrogens is 3. The fourth-order valence-corrected chi connectivity index (χ4v) is 2.74. The average Bonchev–Trinajstić information content (AvgIpc) is 2.89. The van der Waals surface area contributed by atoms with Crippen LogP contribution in [0.25, 0.3) is 0 Å². The van der Waals surface area contributed by atoms with Crippen molar-refractivity contribution in [1.82, 2.24) is 14.8 Å². The standard InChI is InChI=1S/C11H13N3S/c1-2-5-14-10(3-1)12-13-11(14)7-9-4-6-15-8-9/h4,6,8H,1-3,5,7H2. The first-order chi connectivity index (χ1) is 7.43. The maximum atomic E-state index is 4.29. The number of thiophene rings is 1. The summed E-state index contributed by atoms with van der Waals surface area (Å²) in [6, 6.07) is 2.16. The summed E-state index contributed by atoms with van der Waals surface area (Å²) in [6.07, 6.45) is 4.55. The Morgan fingerprint density at radius 1 is 1.33 bits per heavy atom. The second-order valence-corrected chi connectivity index (χ2v) is 4.73. The first-order valence-corrected chi connectivity index (χ1v) is 6.30. The zero-order chi connectivity index (χ0) is 10.1. The van der Waals surface area contributed by atoms with Crippen molar-refractivity contribution in [3.8, 4) is 0 Å². The SMILES string of the molecule is c1cc(Cc2nnc3n2CCCC3)cs1. The van der Waals surface area contributed by atoms with E-state index in [-0.39, 0.29) is 0 Å². The Morgan fingerprint density at radius 3 is 3.20 bits per heavy atom. The summed E-state index contributed by atoms with van der Waals surface area (Å²) in [5, 5.41) is 12.8. The fraction of sp³-hybridized carbons (Fsp3) is 0.455. The molecule has 15 heavy (non-hydrogen) atoms. The van der Waals surface area contributed by atoms with Crippen molar-refractivity contribution in [2.24, 2.45) is 0 Å². The van der Waals surface area contributed by atoms with E-state index in [2.05, 4.69) is 31.6 Å². The van der Waals surface area contributed by atoms with E-state index in [9.17, 15) is 0 Å². The molecule has 0 aliphatic carbocycles. The molecule has 4 heteroatoms. The highest BCUT2D eigenvalue weighted by molar-refractivity contribution is 7.07. The molecule has 0 N–H and O–H groups in total. The maximum Gasteiger partial charge on any atom is 0.137 e. The maximum absolute atomic E-state index is 4.29. The van der Waals surface area contributed by atoms with Crippen LogP contribution in [-0.4, -0.2) is 14.8 Å². The first-order valence-electron chi connectivity index (χ1n) is 5.35. The highest BCUT2D eigenvalue weighted by atomic mass is 32.1. The number of aryl methyl sites for hydroxylation is 1. The van der Waals surface area contributed by atoms with E-state index in [0.717, 1.165) is 25.2 Å². The van der Waals surface area contributed by atoms with Gasteiger partial charge in [-0.25, -0.2) is 0 Å².